The Bertz CT molecular complexity index is 2000. The summed E-state index contributed by atoms with van der Waals surface area (Å²) in [6.07, 6.45) is 3.09. The average molecular weight is 697 g/mol. The molecular formula is C36H37F5N6O3. The first-order chi connectivity index (χ1) is 24.0. The second kappa shape index (κ2) is 13.0. The Hall–Kier alpha value is -4.48. The summed E-state index contributed by atoms with van der Waals surface area (Å²) in [5, 5.41) is 14.7. The van der Waals surface area contributed by atoms with Gasteiger partial charge in [0.25, 0.3) is 0 Å². The number of fused-ring (bicyclic) bond motifs is 3. The number of anilines is 1. The van der Waals surface area contributed by atoms with E-state index in [1.165, 1.54) is 24.3 Å². The molecule has 2 aromatic heterocycles. The molecule has 1 aliphatic carbocycles. The Balaban J connectivity index is 0.00000193. The highest BCUT2D eigenvalue weighted by Crippen LogP contribution is 2.48. The van der Waals surface area contributed by atoms with Crippen LogP contribution in [0.1, 0.15) is 38.7 Å². The third-order valence-electron chi connectivity index (χ3n) is 9.96. The number of ether oxygens (including phenoxy) is 2. The van der Waals surface area contributed by atoms with Crippen molar-refractivity contribution in [3.8, 4) is 41.2 Å². The van der Waals surface area contributed by atoms with Gasteiger partial charge in [0.1, 0.15) is 40.6 Å². The second-order valence-corrected chi connectivity index (χ2v) is 13.2. The first-order valence-electron chi connectivity index (χ1n) is 16.9. The fourth-order valence-electron chi connectivity index (χ4n) is 7.24. The van der Waals surface area contributed by atoms with E-state index < -0.39 is 23.7 Å². The predicted octanol–water partition coefficient (Wildman–Crippen LogP) is 6.05. The fraction of sp³-hybridized carbons (Fsp3) is 0.472. The highest BCUT2D eigenvalue weighted by atomic mass is 19.4. The number of rotatable bonds is 6. The zero-order valence-electron chi connectivity index (χ0n) is 27.7. The standard InChI is InChI=1S/C34H31F5N6O3.C2H6/c1-2-22-24(35)4-3-18-11-21(46)12-23(25(18)22)28-27(36)29-26-30(45-10-8-40-13-20(45)15-47-31(26)41-28)43-32(42-29)48-17-33(6-7-33)16-44-9-5-19(14-44)34(37,38)39;1-2/h1,3-4,11-12,19-20,40,46H,5-10,13-17H2;1-2H3/t19?,20-;/m0./s1. The maximum Gasteiger partial charge on any atom is 0.393 e. The molecule has 2 aromatic carbocycles. The Morgan fingerprint density at radius 1 is 1.12 bits per heavy atom. The minimum Gasteiger partial charge on any atom is -0.508 e. The molecule has 0 amide bonds. The lowest BCUT2D eigenvalue weighted by Gasteiger charge is -2.35. The lowest BCUT2D eigenvalue weighted by Crippen LogP contribution is -2.53. The summed E-state index contributed by atoms with van der Waals surface area (Å²) in [4.78, 5) is 17.6. The molecule has 4 aliphatic rings. The smallest absolute Gasteiger partial charge is 0.393 e. The lowest BCUT2D eigenvalue weighted by molar-refractivity contribution is -0.170. The minimum absolute atomic E-state index is 0.0367. The predicted molar refractivity (Wildman–Crippen MR) is 178 cm³/mol. The highest BCUT2D eigenvalue weighted by Gasteiger charge is 2.49. The maximum atomic E-state index is 16.9. The fourth-order valence-corrected chi connectivity index (χ4v) is 7.24. The van der Waals surface area contributed by atoms with Crippen LogP contribution in [0.15, 0.2) is 24.3 Å². The molecule has 0 bridgehead atoms. The van der Waals surface area contributed by atoms with Crippen molar-refractivity contribution in [3.63, 3.8) is 0 Å². The van der Waals surface area contributed by atoms with Crippen LogP contribution in [0.2, 0.25) is 0 Å². The third-order valence-corrected chi connectivity index (χ3v) is 9.96. The summed E-state index contributed by atoms with van der Waals surface area (Å²) in [5.41, 5.74) is -0.789. The third kappa shape index (κ3) is 6.11. The molecule has 8 rings (SSSR count). The molecule has 50 heavy (non-hydrogen) atoms. The number of benzene rings is 2. The molecule has 1 saturated carbocycles. The van der Waals surface area contributed by atoms with E-state index in [4.69, 9.17) is 20.9 Å². The number of piperazine rings is 1. The van der Waals surface area contributed by atoms with E-state index >= 15 is 4.39 Å². The quantitative estimate of drug-likeness (QED) is 0.185. The number of hydrogen-bond donors (Lipinski definition) is 2. The number of hydrogen-bond acceptors (Lipinski definition) is 9. The van der Waals surface area contributed by atoms with Crippen molar-refractivity contribution in [1.29, 1.82) is 0 Å². The number of pyridine rings is 1. The van der Waals surface area contributed by atoms with E-state index in [0.29, 0.717) is 43.9 Å². The average Bonchev–Trinajstić information content (AvgIpc) is 3.74. The van der Waals surface area contributed by atoms with Crippen LogP contribution in [0.25, 0.3) is 32.9 Å². The summed E-state index contributed by atoms with van der Waals surface area (Å²) in [5.74, 6) is -0.288. The molecular weight excluding hydrogens is 659 g/mol. The van der Waals surface area contributed by atoms with Crippen molar-refractivity contribution in [2.75, 3.05) is 57.4 Å². The Labute approximate surface area is 285 Å². The first-order valence-corrected chi connectivity index (χ1v) is 16.9. The Morgan fingerprint density at radius 3 is 2.64 bits per heavy atom. The molecule has 264 valence electrons. The maximum absolute atomic E-state index is 16.9. The van der Waals surface area contributed by atoms with Crippen LogP contribution in [0, 0.1) is 35.3 Å². The molecule has 2 N–H and O–H groups in total. The van der Waals surface area contributed by atoms with Gasteiger partial charge in [-0.1, -0.05) is 25.8 Å². The van der Waals surface area contributed by atoms with Crippen molar-refractivity contribution in [2.45, 2.75) is 45.3 Å². The van der Waals surface area contributed by atoms with Gasteiger partial charge in [-0.05, 0) is 49.4 Å². The van der Waals surface area contributed by atoms with E-state index in [0.717, 1.165) is 12.8 Å². The van der Waals surface area contributed by atoms with Gasteiger partial charge in [0, 0.05) is 49.1 Å². The first kappa shape index (κ1) is 34.0. The number of aromatic hydroxyl groups is 1. The molecule has 0 radical (unpaired) electrons. The normalized spacial score (nSPS) is 21.1. The van der Waals surface area contributed by atoms with Crippen molar-refractivity contribution in [3.05, 3.63) is 41.5 Å². The van der Waals surface area contributed by atoms with Gasteiger partial charge in [0.05, 0.1) is 24.1 Å². The number of terminal acetylenes is 1. The van der Waals surface area contributed by atoms with Crippen molar-refractivity contribution >= 4 is 27.5 Å². The number of likely N-dealkylation sites (tertiary alicyclic amines) is 1. The van der Waals surface area contributed by atoms with E-state index in [1.54, 1.807) is 0 Å². The molecule has 3 aliphatic heterocycles. The van der Waals surface area contributed by atoms with Gasteiger partial charge in [-0.25, -0.2) is 13.8 Å². The molecule has 2 saturated heterocycles. The molecule has 14 heteroatoms. The summed E-state index contributed by atoms with van der Waals surface area (Å²) >= 11 is 0. The van der Waals surface area contributed by atoms with E-state index in [2.05, 4.69) is 21.2 Å². The zero-order chi connectivity index (χ0) is 35.4. The molecule has 2 atom stereocenters. The molecule has 9 nitrogen and oxygen atoms in total. The summed E-state index contributed by atoms with van der Waals surface area (Å²) in [6.45, 7) is 6.91. The van der Waals surface area contributed by atoms with Crippen LogP contribution in [0.4, 0.5) is 27.8 Å². The number of halogens is 5. The Kier molecular flexibility index (Phi) is 8.84. The van der Waals surface area contributed by atoms with E-state index in [-0.39, 0.29) is 88.4 Å². The summed E-state index contributed by atoms with van der Waals surface area (Å²) in [6, 6.07) is 5.04. The summed E-state index contributed by atoms with van der Waals surface area (Å²) < 4.78 is 84.0. The van der Waals surface area contributed by atoms with Gasteiger partial charge >= 0.3 is 12.2 Å². The number of nitrogens with zero attached hydrogens (tertiary/aromatic N) is 5. The van der Waals surface area contributed by atoms with E-state index in [1.807, 2.05) is 23.6 Å². The molecule has 3 fully saturated rings. The van der Waals surface area contributed by atoms with Gasteiger partial charge < -0.3 is 29.7 Å². The van der Waals surface area contributed by atoms with Crippen LogP contribution in [-0.2, 0) is 0 Å². The monoisotopic (exact) mass is 696 g/mol. The second-order valence-electron chi connectivity index (χ2n) is 13.2. The lowest BCUT2D eigenvalue weighted by atomic mass is 9.95. The zero-order valence-corrected chi connectivity index (χ0v) is 27.7. The van der Waals surface area contributed by atoms with Crippen LogP contribution in [-0.4, -0.2) is 89.7 Å². The largest absolute Gasteiger partial charge is 0.508 e. The SMILES string of the molecule is C#Cc1c(F)ccc2cc(O)cc(-c3nc4c5c(nc(OCC6(CN7CCC(C(F)(F)F)C7)CC6)nc5c3F)N3CCNC[C@H]3CO4)c12.CC. The molecule has 0 spiro atoms. The van der Waals surface area contributed by atoms with Crippen LogP contribution in [0.3, 0.4) is 0 Å². The van der Waals surface area contributed by atoms with Crippen LogP contribution >= 0.6 is 0 Å². The molecule has 1 unspecified atom stereocenters. The Morgan fingerprint density at radius 2 is 1.92 bits per heavy atom. The van der Waals surface area contributed by atoms with Crippen LogP contribution < -0.4 is 19.7 Å². The van der Waals surface area contributed by atoms with E-state index in [9.17, 15) is 22.7 Å². The number of nitrogens with one attached hydrogen (secondary N) is 1. The number of alkyl halides is 3. The molecule has 5 heterocycles. The molecule has 4 aromatic rings. The number of aromatic nitrogens is 3. The van der Waals surface area contributed by atoms with Gasteiger partial charge in [0.2, 0.25) is 5.88 Å². The summed E-state index contributed by atoms with van der Waals surface area (Å²) in [7, 11) is 0. The number of phenolic OH excluding ortho intramolecular Hbond substituents is 1. The minimum atomic E-state index is -4.22. The van der Waals surface area contributed by atoms with Crippen LogP contribution in [0.5, 0.6) is 17.6 Å². The number of phenols is 1. The van der Waals surface area contributed by atoms with Gasteiger partial charge in [-0.2, -0.15) is 23.1 Å². The van der Waals surface area contributed by atoms with Crippen molar-refractivity contribution in [2.24, 2.45) is 11.3 Å². The van der Waals surface area contributed by atoms with Gasteiger partial charge in [-0.3, -0.25) is 0 Å². The van der Waals surface area contributed by atoms with Crippen molar-refractivity contribution in [1.82, 2.24) is 25.2 Å². The van der Waals surface area contributed by atoms with Gasteiger partial charge in [-0.15, -0.1) is 6.42 Å². The van der Waals surface area contributed by atoms with Gasteiger partial charge in [0.15, 0.2) is 5.82 Å². The highest BCUT2D eigenvalue weighted by molar-refractivity contribution is 6.04. The topological polar surface area (TPSA) is 95.9 Å². The van der Waals surface area contributed by atoms with Crippen molar-refractivity contribution < 1.29 is 36.5 Å².